The molecule has 4 nitrogen and oxygen atoms in total. The van der Waals surface area contributed by atoms with Crippen molar-refractivity contribution in [2.75, 3.05) is 24.6 Å². The summed E-state index contributed by atoms with van der Waals surface area (Å²) in [5, 5.41) is 4.85. The molecular weight excluding hydrogens is 296 g/mol. The highest BCUT2D eigenvalue weighted by Gasteiger charge is 2.06. The summed E-state index contributed by atoms with van der Waals surface area (Å²) in [4.78, 5) is 15.2. The Balaban J connectivity index is 1.83. The molecule has 0 radical (unpaired) electrons. The number of nitrogens with zero attached hydrogens (tertiary/aromatic N) is 1. The van der Waals surface area contributed by atoms with Crippen LogP contribution < -0.4 is 15.0 Å². The van der Waals surface area contributed by atoms with Crippen LogP contribution in [0.15, 0.2) is 41.8 Å². The molecule has 1 amide bonds. The predicted molar refractivity (Wildman–Crippen MR) is 91.7 cm³/mol. The first kappa shape index (κ1) is 16.4. The van der Waals surface area contributed by atoms with Gasteiger partial charge in [-0.05, 0) is 37.4 Å². The normalized spacial score (nSPS) is 10.3. The van der Waals surface area contributed by atoms with Crippen LogP contribution in [-0.4, -0.2) is 25.6 Å². The van der Waals surface area contributed by atoms with Gasteiger partial charge in [-0.3, -0.25) is 4.79 Å². The van der Waals surface area contributed by atoms with E-state index in [2.05, 4.69) is 30.1 Å². The lowest BCUT2D eigenvalue weighted by Crippen LogP contribution is -2.28. The first-order valence-corrected chi connectivity index (χ1v) is 8.37. The Kier molecular flexibility index (Phi) is 6.27. The van der Waals surface area contributed by atoms with Crippen molar-refractivity contribution in [3.63, 3.8) is 0 Å². The predicted octanol–water partition coefficient (Wildman–Crippen LogP) is 3.29. The van der Waals surface area contributed by atoms with Crippen molar-refractivity contribution in [2.24, 2.45) is 0 Å². The minimum Gasteiger partial charge on any atom is -0.484 e. The molecule has 1 aromatic heterocycles. The van der Waals surface area contributed by atoms with Crippen molar-refractivity contribution in [1.29, 1.82) is 0 Å². The molecule has 0 aliphatic carbocycles. The van der Waals surface area contributed by atoms with E-state index in [9.17, 15) is 4.79 Å². The Hall–Kier alpha value is -2.01. The lowest BCUT2D eigenvalue weighted by molar-refractivity contribution is -0.123. The topological polar surface area (TPSA) is 41.6 Å². The molecule has 2 rings (SSSR count). The maximum Gasteiger partial charge on any atom is 0.258 e. The standard InChI is InChI=1S/C17H22N2O2S/c1-3-19(4-2)14-7-5-8-15(11-14)21-13-17(20)18-12-16-9-6-10-22-16/h5-11H,3-4,12-13H2,1-2H3,(H,18,20). The summed E-state index contributed by atoms with van der Waals surface area (Å²) >= 11 is 1.63. The summed E-state index contributed by atoms with van der Waals surface area (Å²) in [7, 11) is 0. The maximum atomic E-state index is 11.8. The molecular formula is C17H22N2O2S. The highest BCUT2D eigenvalue weighted by molar-refractivity contribution is 7.09. The quantitative estimate of drug-likeness (QED) is 0.812. The smallest absolute Gasteiger partial charge is 0.258 e. The largest absolute Gasteiger partial charge is 0.484 e. The van der Waals surface area contributed by atoms with E-state index in [4.69, 9.17) is 4.74 Å². The third-order valence-corrected chi connectivity index (χ3v) is 4.23. The molecule has 0 saturated carbocycles. The first-order chi connectivity index (χ1) is 10.7. The van der Waals surface area contributed by atoms with Gasteiger partial charge in [-0.2, -0.15) is 0 Å². The van der Waals surface area contributed by atoms with E-state index in [1.165, 1.54) is 0 Å². The van der Waals surface area contributed by atoms with Crippen molar-refractivity contribution in [3.8, 4) is 5.75 Å². The van der Waals surface area contributed by atoms with Crippen molar-refractivity contribution in [3.05, 3.63) is 46.7 Å². The second-order valence-corrected chi connectivity index (χ2v) is 5.85. The Morgan fingerprint density at radius 3 is 2.73 bits per heavy atom. The highest BCUT2D eigenvalue weighted by atomic mass is 32.1. The molecule has 1 aromatic carbocycles. The average Bonchev–Trinajstić information content (AvgIpc) is 3.06. The zero-order valence-corrected chi connectivity index (χ0v) is 13.9. The molecule has 2 aromatic rings. The lowest BCUT2D eigenvalue weighted by Gasteiger charge is -2.21. The van der Waals surface area contributed by atoms with E-state index in [0.29, 0.717) is 6.54 Å². The molecule has 1 heterocycles. The van der Waals surface area contributed by atoms with Gasteiger partial charge in [0.25, 0.3) is 5.91 Å². The van der Waals surface area contributed by atoms with Crippen LogP contribution in [0.2, 0.25) is 0 Å². The number of thiophene rings is 1. The lowest BCUT2D eigenvalue weighted by atomic mass is 10.2. The Labute approximate surface area is 135 Å². The van der Waals surface area contributed by atoms with E-state index in [-0.39, 0.29) is 12.5 Å². The monoisotopic (exact) mass is 318 g/mol. The molecule has 0 aliphatic heterocycles. The number of ether oxygens (including phenoxy) is 1. The molecule has 0 saturated heterocycles. The Morgan fingerprint density at radius 1 is 1.23 bits per heavy atom. The zero-order chi connectivity index (χ0) is 15.8. The van der Waals surface area contributed by atoms with Gasteiger partial charge in [0, 0.05) is 29.7 Å². The van der Waals surface area contributed by atoms with Gasteiger partial charge in [0.1, 0.15) is 5.75 Å². The number of carbonyl (C=O) groups is 1. The van der Waals surface area contributed by atoms with Crippen LogP contribution in [0.25, 0.3) is 0 Å². The molecule has 0 fully saturated rings. The van der Waals surface area contributed by atoms with E-state index in [1.807, 2.05) is 35.7 Å². The molecule has 0 spiro atoms. The third-order valence-electron chi connectivity index (χ3n) is 3.36. The van der Waals surface area contributed by atoms with Gasteiger partial charge in [-0.25, -0.2) is 0 Å². The van der Waals surface area contributed by atoms with Gasteiger partial charge in [0.05, 0.1) is 6.54 Å². The summed E-state index contributed by atoms with van der Waals surface area (Å²) < 4.78 is 5.58. The van der Waals surface area contributed by atoms with Crippen LogP contribution in [0.5, 0.6) is 5.75 Å². The van der Waals surface area contributed by atoms with Crippen LogP contribution in [0.1, 0.15) is 18.7 Å². The number of amides is 1. The number of rotatable bonds is 8. The van der Waals surface area contributed by atoms with Crippen molar-refractivity contribution in [2.45, 2.75) is 20.4 Å². The number of anilines is 1. The van der Waals surface area contributed by atoms with E-state index in [1.54, 1.807) is 11.3 Å². The van der Waals surface area contributed by atoms with Gasteiger partial charge in [-0.1, -0.05) is 12.1 Å². The van der Waals surface area contributed by atoms with E-state index in [0.717, 1.165) is 29.4 Å². The minimum atomic E-state index is -0.110. The summed E-state index contributed by atoms with van der Waals surface area (Å²) in [6.45, 7) is 6.72. The van der Waals surface area contributed by atoms with Crippen LogP contribution in [0.4, 0.5) is 5.69 Å². The number of carbonyl (C=O) groups excluding carboxylic acids is 1. The summed E-state index contributed by atoms with van der Waals surface area (Å²) in [5.41, 5.74) is 1.11. The number of nitrogens with one attached hydrogen (secondary N) is 1. The minimum absolute atomic E-state index is 0.0348. The molecule has 0 bridgehead atoms. The highest BCUT2D eigenvalue weighted by Crippen LogP contribution is 2.20. The second kappa shape index (κ2) is 8.44. The number of hydrogen-bond acceptors (Lipinski definition) is 4. The summed E-state index contributed by atoms with van der Waals surface area (Å²) in [6, 6.07) is 11.8. The number of benzene rings is 1. The molecule has 1 N–H and O–H groups in total. The fraction of sp³-hybridized carbons (Fsp3) is 0.353. The van der Waals surface area contributed by atoms with Crippen molar-refractivity contribution < 1.29 is 9.53 Å². The van der Waals surface area contributed by atoms with E-state index < -0.39 is 0 Å². The van der Waals surface area contributed by atoms with Crippen molar-refractivity contribution >= 4 is 22.9 Å². The third kappa shape index (κ3) is 4.77. The maximum absolute atomic E-state index is 11.8. The molecule has 0 aliphatic rings. The fourth-order valence-corrected chi connectivity index (χ4v) is 2.80. The van der Waals surface area contributed by atoms with Crippen LogP contribution in [0.3, 0.4) is 0 Å². The average molecular weight is 318 g/mol. The molecule has 0 unspecified atom stereocenters. The summed E-state index contributed by atoms with van der Waals surface area (Å²) in [5.74, 6) is 0.609. The molecule has 118 valence electrons. The zero-order valence-electron chi connectivity index (χ0n) is 13.0. The number of hydrogen-bond donors (Lipinski definition) is 1. The Morgan fingerprint density at radius 2 is 2.05 bits per heavy atom. The molecule has 0 atom stereocenters. The van der Waals surface area contributed by atoms with Gasteiger partial charge >= 0.3 is 0 Å². The van der Waals surface area contributed by atoms with E-state index >= 15 is 0 Å². The van der Waals surface area contributed by atoms with Gasteiger partial charge in [0.15, 0.2) is 6.61 Å². The van der Waals surface area contributed by atoms with Gasteiger partial charge in [0.2, 0.25) is 0 Å². The SMILES string of the molecule is CCN(CC)c1cccc(OCC(=O)NCc2cccs2)c1. The molecule has 22 heavy (non-hydrogen) atoms. The van der Waals surface area contributed by atoms with Crippen LogP contribution in [-0.2, 0) is 11.3 Å². The van der Waals surface area contributed by atoms with Crippen LogP contribution in [0, 0.1) is 0 Å². The Bertz CT molecular complexity index is 580. The fourth-order valence-electron chi connectivity index (χ4n) is 2.16. The van der Waals surface area contributed by atoms with Gasteiger partial charge < -0.3 is 15.0 Å². The van der Waals surface area contributed by atoms with Gasteiger partial charge in [-0.15, -0.1) is 11.3 Å². The summed E-state index contributed by atoms with van der Waals surface area (Å²) in [6.07, 6.45) is 0. The first-order valence-electron chi connectivity index (χ1n) is 7.49. The second-order valence-electron chi connectivity index (χ2n) is 4.81. The molecule has 5 heteroatoms. The van der Waals surface area contributed by atoms with Crippen LogP contribution >= 0.6 is 11.3 Å². The van der Waals surface area contributed by atoms with Crippen molar-refractivity contribution in [1.82, 2.24) is 5.32 Å².